The quantitative estimate of drug-likeness (QED) is 0.276. The van der Waals surface area contributed by atoms with Gasteiger partial charge < -0.3 is 14.4 Å². The average Bonchev–Trinajstić information content (AvgIpc) is 3.51. The number of benzene rings is 1. The van der Waals surface area contributed by atoms with Gasteiger partial charge in [0.25, 0.3) is 5.69 Å². The number of amides is 1. The Morgan fingerprint density at radius 3 is 2.46 bits per heavy atom. The van der Waals surface area contributed by atoms with Crippen molar-refractivity contribution in [3.8, 4) is 17.3 Å². The molecule has 1 aliphatic heterocycles. The first kappa shape index (κ1) is 34.0. The Kier molecular flexibility index (Phi) is 9.67. The highest BCUT2D eigenvalue weighted by Gasteiger charge is 2.43. The van der Waals surface area contributed by atoms with Gasteiger partial charge in [-0.2, -0.15) is 0 Å². The molecule has 8 nitrogen and oxygen atoms in total. The van der Waals surface area contributed by atoms with Crippen LogP contribution in [0.3, 0.4) is 0 Å². The average molecular weight is 630 g/mol. The van der Waals surface area contributed by atoms with E-state index in [0.29, 0.717) is 73.1 Å². The van der Waals surface area contributed by atoms with Gasteiger partial charge in [-0.1, -0.05) is 74.4 Å². The lowest BCUT2D eigenvalue weighted by atomic mass is 9.57. The first-order valence-corrected chi connectivity index (χ1v) is 17.2. The van der Waals surface area contributed by atoms with E-state index in [1.54, 1.807) is 9.42 Å². The number of morpholine rings is 1. The van der Waals surface area contributed by atoms with Crippen molar-refractivity contribution < 1.29 is 14.3 Å². The number of ether oxygens (including phenoxy) is 2. The molecule has 1 saturated heterocycles. The largest absolute Gasteiger partial charge is 0.415 e. The van der Waals surface area contributed by atoms with Gasteiger partial charge in [-0.3, -0.25) is 5.10 Å². The maximum atomic E-state index is 13.5. The molecule has 0 spiro atoms. The molecule has 1 saturated carbocycles. The number of fused-ring (bicyclic) bond motifs is 1. The van der Waals surface area contributed by atoms with E-state index in [0.717, 1.165) is 29.5 Å². The van der Waals surface area contributed by atoms with Crippen LogP contribution in [0.2, 0.25) is 0 Å². The van der Waals surface area contributed by atoms with E-state index < -0.39 is 6.09 Å². The highest BCUT2D eigenvalue weighted by Crippen LogP contribution is 2.51. The van der Waals surface area contributed by atoms with Gasteiger partial charge in [-0.25, -0.2) is 19.1 Å². The number of carbonyl (C=O) groups excluding carboxylic acids is 1. The molecule has 2 fully saturated rings. The van der Waals surface area contributed by atoms with E-state index in [4.69, 9.17) is 21.0 Å². The number of H-pyrrole nitrogens is 1. The van der Waals surface area contributed by atoms with Crippen molar-refractivity contribution in [2.45, 2.75) is 100 Å². The topological polar surface area (TPSA) is 76.2 Å². The molecule has 4 unspecified atom stereocenters. The number of hydrogen-bond acceptors (Lipinski definition) is 4. The number of nitrogens with zero attached hydrogens (tertiary/aromatic N) is 4. The van der Waals surface area contributed by atoms with Crippen LogP contribution in [0.25, 0.3) is 21.9 Å². The SMILES string of the molecule is [C-]#[N+]c1c(CC2C(CC(C)C)CC(C)CC2C(C)(C)C)c2nc(-c3cc(C(C)(C)C)ccc3C)[nH]n2c1OC(=O)N1CCOCC1. The van der Waals surface area contributed by atoms with Crippen LogP contribution in [0.5, 0.6) is 5.88 Å². The van der Waals surface area contributed by atoms with Crippen molar-refractivity contribution in [2.75, 3.05) is 26.3 Å². The number of aryl methyl sites for hydroxylation is 1. The number of aromatic amines is 1. The standard InChI is InChI=1S/C38H55N5O3/c1-23(2)18-26-19-24(3)20-31(38(8,9)10)29(26)22-30-32(39-11)35(46-36(44)42-14-16-45-17-15-42)43-34(30)40-33(41-43)28-21-27(37(5,6)7)13-12-25(28)4/h12-13,21,23-24,26,29,31H,14-20,22H2,1-10H3,(H,40,41). The summed E-state index contributed by atoms with van der Waals surface area (Å²) in [6.45, 7) is 33.1. The summed E-state index contributed by atoms with van der Waals surface area (Å²) < 4.78 is 13.4. The van der Waals surface area contributed by atoms with E-state index in [1.807, 2.05) is 0 Å². The minimum absolute atomic E-state index is 0.0241. The monoisotopic (exact) mass is 629 g/mol. The Labute approximate surface area is 276 Å². The molecular weight excluding hydrogens is 574 g/mol. The fourth-order valence-electron chi connectivity index (χ4n) is 7.93. The number of aromatic nitrogens is 3. The van der Waals surface area contributed by atoms with Crippen LogP contribution in [-0.4, -0.2) is 51.9 Å². The molecule has 250 valence electrons. The molecule has 1 N–H and O–H groups in total. The van der Waals surface area contributed by atoms with Gasteiger partial charge in [-0.05, 0) is 90.2 Å². The highest BCUT2D eigenvalue weighted by atomic mass is 16.6. The molecule has 8 heteroatoms. The van der Waals surface area contributed by atoms with E-state index >= 15 is 0 Å². The molecule has 2 aliphatic rings. The summed E-state index contributed by atoms with van der Waals surface area (Å²) >= 11 is 0. The van der Waals surface area contributed by atoms with Crippen molar-refractivity contribution in [2.24, 2.45) is 35.0 Å². The number of rotatable bonds is 6. The van der Waals surface area contributed by atoms with Crippen molar-refractivity contribution in [1.82, 2.24) is 19.5 Å². The summed E-state index contributed by atoms with van der Waals surface area (Å²) in [7, 11) is 0. The predicted octanol–water partition coefficient (Wildman–Crippen LogP) is 9.23. The smallest absolute Gasteiger partial charge is 0.402 e. The summed E-state index contributed by atoms with van der Waals surface area (Å²) in [6, 6.07) is 6.53. The predicted molar refractivity (Wildman–Crippen MR) is 185 cm³/mol. The van der Waals surface area contributed by atoms with Crippen molar-refractivity contribution in [1.29, 1.82) is 0 Å². The summed E-state index contributed by atoms with van der Waals surface area (Å²) in [6.07, 6.45) is 3.81. The van der Waals surface area contributed by atoms with Crippen molar-refractivity contribution in [3.63, 3.8) is 0 Å². The second kappa shape index (κ2) is 13.1. The molecule has 0 radical (unpaired) electrons. The zero-order chi connectivity index (χ0) is 33.6. The fourth-order valence-corrected chi connectivity index (χ4v) is 7.93. The van der Waals surface area contributed by atoms with Gasteiger partial charge in [0, 0.05) is 24.2 Å². The highest BCUT2D eigenvalue weighted by molar-refractivity contribution is 5.80. The third kappa shape index (κ3) is 7.00. The molecule has 3 aromatic rings. The molecule has 4 atom stereocenters. The minimum atomic E-state index is -0.460. The second-order valence-corrected chi connectivity index (χ2v) is 16.5. The van der Waals surface area contributed by atoms with Crippen LogP contribution in [0, 0.1) is 48.5 Å². The van der Waals surface area contributed by atoms with Crippen LogP contribution >= 0.6 is 0 Å². The number of nitrogens with one attached hydrogen (secondary N) is 1. The molecule has 2 aromatic heterocycles. The van der Waals surface area contributed by atoms with Gasteiger partial charge in [0.05, 0.1) is 19.8 Å². The Hall–Kier alpha value is -3.31. The Morgan fingerprint density at radius 2 is 1.85 bits per heavy atom. The van der Waals surface area contributed by atoms with Gasteiger partial charge in [0.2, 0.25) is 5.88 Å². The zero-order valence-corrected chi connectivity index (χ0v) is 29.8. The molecule has 5 rings (SSSR count). The fraction of sp³-hybridized carbons (Fsp3) is 0.658. The lowest BCUT2D eigenvalue weighted by Gasteiger charge is -2.48. The van der Waals surface area contributed by atoms with E-state index in [9.17, 15) is 4.79 Å². The maximum Gasteiger partial charge on any atom is 0.415 e. The molecule has 1 aromatic carbocycles. The van der Waals surface area contributed by atoms with Crippen LogP contribution in [0.15, 0.2) is 18.2 Å². The van der Waals surface area contributed by atoms with Crippen LogP contribution < -0.4 is 4.74 Å². The van der Waals surface area contributed by atoms with Crippen molar-refractivity contribution >= 4 is 17.4 Å². The maximum absolute atomic E-state index is 13.5. The van der Waals surface area contributed by atoms with Crippen LogP contribution in [0.1, 0.15) is 98.3 Å². The molecule has 1 aliphatic carbocycles. The zero-order valence-electron chi connectivity index (χ0n) is 29.8. The van der Waals surface area contributed by atoms with Gasteiger partial charge in [-0.15, -0.1) is 0 Å². The number of carbonyl (C=O) groups is 1. The molecule has 3 heterocycles. The molecule has 0 bridgehead atoms. The second-order valence-electron chi connectivity index (χ2n) is 16.5. The lowest BCUT2D eigenvalue weighted by molar-refractivity contribution is 0.0259. The minimum Gasteiger partial charge on any atom is -0.402 e. The van der Waals surface area contributed by atoms with E-state index in [1.165, 1.54) is 18.4 Å². The first-order chi connectivity index (χ1) is 21.6. The van der Waals surface area contributed by atoms with Gasteiger partial charge in [0.15, 0.2) is 5.82 Å². The third-order valence-electron chi connectivity index (χ3n) is 10.3. The summed E-state index contributed by atoms with van der Waals surface area (Å²) in [4.78, 5) is 24.4. The Morgan fingerprint density at radius 1 is 1.15 bits per heavy atom. The van der Waals surface area contributed by atoms with E-state index in [2.05, 4.69) is 97.4 Å². The lowest BCUT2D eigenvalue weighted by Crippen LogP contribution is -2.42. The molecule has 1 amide bonds. The van der Waals surface area contributed by atoms with Gasteiger partial charge in [0.1, 0.15) is 5.65 Å². The first-order valence-electron chi connectivity index (χ1n) is 17.2. The van der Waals surface area contributed by atoms with Gasteiger partial charge >= 0.3 is 6.09 Å². The summed E-state index contributed by atoms with van der Waals surface area (Å²) in [5.41, 5.74) is 5.39. The normalized spacial score (nSPS) is 22.8. The van der Waals surface area contributed by atoms with E-state index in [-0.39, 0.29) is 16.7 Å². The van der Waals surface area contributed by atoms with Crippen LogP contribution in [0.4, 0.5) is 10.5 Å². The molecular formula is C38H55N5O3. The number of hydrogen-bond donors (Lipinski definition) is 1. The third-order valence-corrected chi connectivity index (χ3v) is 10.3. The Balaban J connectivity index is 1.67. The molecule has 46 heavy (non-hydrogen) atoms. The van der Waals surface area contributed by atoms with Crippen molar-refractivity contribution in [3.05, 3.63) is 46.3 Å². The summed E-state index contributed by atoms with van der Waals surface area (Å²) in [5.74, 6) is 3.63. The van der Waals surface area contributed by atoms with Crippen LogP contribution in [-0.2, 0) is 16.6 Å². The Bertz CT molecular complexity index is 1590. The summed E-state index contributed by atoms with van der Waals surface area (Å²) in [5, 5.41) is 3.47.